The number of rotatable bonds is 7. The molecule has 0 radical (unpaired) electrons. The monoisotopic (exact) mass is 509 g/mol. The fourth-order valence-electron chi connectivity index (χ4n) is 3.43. The van der Waals surface area contributed by atoms with Crippen molar-refractivity contribution in [1.29, 1.82) is 0 Å². The molecule has 0 spiro atoms. The first-order valence-electron chi connectivity index (χ1n) is 10.3. The van der Waals surface area contributed by atoms with Crippen molar-refractivity contribution in [3.8, 4) is 5.75 Å². The molecule has 1 heterocycles. The Hall–Kier alpha value is -3.13. The Kier molecular flexibility index (Phi) is 7.67. The first kappa shape index (κ1) is 24.0. The molecule has 1 fully saturated rings. The summed E-state index contributed by atoms with van der Waals surface area (Å²) in [5, 5.41) is 0.655. The number of halogens is 1. The average molecular weight is 510 g/mol. The van der Waals surface area contributed by atoms with E-state index >= 15 is 0 Å². The standard InChI is InChI=1S/C26H20ClNO4S2/c1-31-25(30)23(18-7-3-2-4-8-18)28-24(29)22(34-26(28)33)15-17-11-13-20(14-12-17)32-16-19-9-5-6-10-21(19)27/h2-15,23H,16H2,1H3/b22-15-. The quantitative estimate of drug-likeness (QED) is 0.220. The first-order valence-corrected chi connectivity index (χ1v) is 11.9. The topological polar surface area (TPSA) is 55.8 Å². The molecule has 3 aromatic carbocycles. The van der Waals surface area contributed by atoms with E-state index < -0.39 is 12.0 Å². The summed E-state index contributed by atoms with van der Waals surface area (Å²) in [6.07, 6.45) is 1.75. The lowest BCUT2D eigenvalue weighted by Gasteiger charge is -2.24. The van der Waals surface area contributed by atoms with Crippen molar-refractivity contribution >= 4 is 57.9 Å². The molecule has 1 saturated heterocycles. The predicted molar refractivity (Wildman–Crippen MR) is 138 cm³/mol. The summed E-state index contributed by atoms with van der Waals surface area (Å²) >= 11 is 12.8. The van der Waals surface area contributed by atoms with Crippen LogP contribution in [0, 0.1) is 0 Å². The molecule has 0 aromatic heterocycles. The van der Waals surface area contributed by atoms with Gasteiger partial charge in [0, 0.05) is 10.6 Å². The van der Waals surface area contributed by atoms with Crippen LogP contribution in [-0.4, -0.2) is 28.2 Å². The number of thioether (sulfide) groups is 1. The Morgan fingerprint density at radius 1 is 1.06 bits per heavy atom. The zero-order valence-electron chi connectivity index (χ0n) is 18.1. The summed E-state index contributed by atoms with van der Waals surface area (Å²) in [5.74, 6) is -0.212. The molecule has 1 atom stereocenters. The van der Waals surface area contributed by atoms with Gasteiger partial charge < -0.3 is 9.47 Å². The van der Waals surface area contributed by atoms with Crippen LogP contribution in [-0.2, 0) is 20.9 Å². The number of thiocarbonyl (C=S) groups is 1. The molecule has 34 heavy (non-hydrogen) atoms. The lowest BCUT2D eigenvalue weighted by Crippen LogP contribution is -2.37. The number of carbonyl (C=O) groups excluding carboxylic acids is 2. The third kappa shape index (κ3) is 5.33. The molecule has 172 valence electrons. The average Bonchev–Trinajstić information content (AvgIpc) is 3.13. The zero-order valence-corrected chi connectivity index (χ0v) is 20.5. The first-order chi connectivity index (χ1) is 16.5. The van der Waals surface area contributed by atoms with Gasteiger partial charge in [0.05, 0.1) is 12.0 Å². The second kappa shape index (κ2) is 10.9. The Bertz CT molecular complexity index is 1250. The van der Waals surface area contributed by atoms with Crippen LogP contribution >= 0.6 is 35.6 Å². The number of carbonyl (C=O) groups is 2. The SMILES string of the molecule is COC(=O)C(c1ccccc1)N1C(=O)/C(=C/c2ccc(OCc3ccccc3Cl)cc2)SC1=S. The highest BCUT2D eigenvalue weighted by Gasteiger charge is 2.41. The molecule has 0 bridgehead atoms. The highest BCUT2D eigenvalue weighted by atomic mass is 35.5. The minimum Gasteiger partial charge on any atom is -0.489 e. The van der Waals surface area contributed by atoms with Gasteiger partial charge in [0.2, 0.25) is 0 Å². The van der Waals surface area contributed by atoms with Crippen molar-refractivity contribution in [3.05, 3.63) is 105 Å². The minimum atomic E-state index is -0.940. The highest BCUT2D eigenvalue weighted by molar-refractivity contribution is 8.26. The van der Waals surface area contributed by atoms with Crippen molar-refractivity contribution < 1.29 is 19.1 Å². The van der Waals surface area contributed by atoms with Gasteiger partial charge in [-0.25, -0.2) is 4.79 Å². The maximum absolute atomic E-state index is 13.2. The number of nitrogens with zero attached hydrogens (tertiary/aromatic N) is 1. The summed E-state index contributed by atoms with van der Waals surface area (Å²) in [7, 11) is 1.29. The second-order valence-electron chi connectivity index (χ2n) is 7.34. The summed E-state index contributed by atoms with van der Waals surface area (Å²) in [6, 6.07) is 22.9. The van der Waals surface area contributed by atoms with Crippen LogP contribution < -0.4 is 4.74 Å². The van der Waals surface area contributed by atoms with Crippen LogP contribution in [0.15, 0.2) is 83.8 Å². The largest absolute Gasteiger partial charge is 0.489 e. The zero-order chi connectivity index (χ0) is 24.1. The number of ether oxygens (including phenoxy) is 2. The van der Waals surface area contributed by atoms with Crippen molar-refractivity contribution in [2.45, 2.75) is 12.6 Å². The molecule has 0 aliphatic carbocycles. The Morgan fingerprint density at radius 3 is 2.41 bits per heavy atom. The van der Waals surface area contributed by atoms with Crippen LogP contribution in [0.5, 0.6) is 5.75 Å². The van der Waals surface area contributed by atoms with Crippen LogP contribution in [0.4, 0.5) is 0 Å². The van der Waals surface area contributed by atoms with Gasteiger partial charge in [-0.2, -0.15) is 0 Å². The van der Waals surface area contributed by atoms with Gasteiger partial charge in [0.25, 0.3) is 5.91 Å². The molecular weight excluding hydrogens is 490 g/mol. The van der Waals surface area contributed by atoms with E-state index in [2.05, 4.69) is 0 Å². The Morgan fingerprint density at radius 2 is 1.74 bits per heavy atom. The predicted octanol–water partition coefficient (Wildman–Crippen LogP) is 6.03. The van der Waals surface area contributed by atoms with E-state index in [0.29, 0.717) is 32.2 Å². The van der Waals surface area contributed by atoms with Crippen molar-refractivity contribution in [2.24, 2.45) is 0 Å². The lowest BCUT2D eigenvalue weighted by atomic mass is 10.1. The number of benzene rings is 3. The molecule has 1 aliphatic heterocycles. The van der Waals surface area contributed by atoms with E-state index in [9.17, 15) is 9.59 Å². The number of hydrogen-bond donors (Lipinski definition) is 0. The number of amides is 1. The maximum Gasteiger partial charge on any atom is 0.333 e. The highest BCUT2D eigenvalue weighted by Crippen LogP contribution is 2.38. The van der Waals surface area contributed by atoms with Crippen LogP contribution in [0.3, 0.4) is 0 Å². The summed E-state index contributed by atoms with van der Waals surface area (Å²) in [4.78, 5) is 27.5. The fourth-order valence-corrected chi connectivity index (χ4v) is 4.93. The Labute approximate surface area is 212 Å². The van der Waals surface area contributed by atoms with Crippen molar-refractivity contribution in [3.63, 3.8) is 0 Å². The molecule has 0 saturated carbocycles. The van der Waals surface area contributed by atoms with Crippen LogP contribution in [0.1, 0.15) is 22.7 Å². The van der Waals surface area contributed by atoms with E-state index in [1.165, 1.54) is 12.0 Å². The van der Waals surface area contributed by atoms with Crippen molar-refractivity contribution in [2.75, 3.05) is 7.11 Å². The van der Waals surface area contributed by atoms with E-state index in [1.807, 2.05) is 54.6 Å². The van der Waals surface area contributed by atoms with E-state index in [1.54, 1.807) is 30.3 Å². The lowest BCUT2D eigenvalue weighted by molar-refractivity contribution is -0.148. The molecular formula is C26H20ClNO4S2. The van der Waals surface area contributed by atoms with Gasteiger partial charge in [-0.3, -0.25) is 9.69 Å². The molecule has 1 unspecified atom stereocenters. The van der Waals surface area contributed by atoms with Gasteiger partial charge in [0.15, 0.2) is 6.04 Å². The normalized spacial score (nSPS) is 15.5. The van der Waals surface area contributed by atoms with Crippen LogP contribution in [0.2, 0.25) is 5.02 Å². The molecule has 1 amide bonds. The van der Waals surface area contributed by atoms with E-state index in [4.69, 9.17) is 33.3 Å². The molecule has 8 heteroatoms. The van der Waals surface area contributed by atoms with Crippen molar-refractivity contribution in [1.82, 2.24) is 4.90 Å². The van der Waals surface area contributed by atoms with Gasteiger partial charge >= 0.3 is 5.97 Å². The third-order valence-electron chi connectivity index (χ3n) is 5.15. The molecule has 1 aliphatic rings. The van der Waals surface area contributed by atoms with Gasteiger partial charge in [-0.15, -0.1) is 0 Å². The van der Waals surface area contributed by atoms with E-state index in [-0.39, 0.29) is 5.91 Å². The van der Waals surface area contributed by atoms with Gasteiger partial charge in [-0.05, 0) is 35.4 Å². The summed E-state index contributed by atoms with van der Waals surface area (Å²) in [5.41, 5.74) is 2.34. The number of esters is 1. The molecule has 5 nitrogen and oxygen atoms in total. The second-order valence-corrected chi connectivity index (χ2v) is 9.42. The Balaban J connectivity index is 1.50. The number of methoxy groups -OCH3 is 1. The molecule has 3 aromatic rings. The van der Waals surface area contributed by atoms with Gasteiger partial charge in [-0.1, -0.05) is 96.2 Å². The van der Waals surface area contributed by atoms with E-state index in [0.717, 1.165) is 22.9 Å². The number of hydrogen-bond acceptors (Lipinski definition) is 6. The van der Waals surface area contributed by atoms with Gasteiger partial charge in [0.1, 0.15) is 16.7 Å². The fraction of sp³-hybridized carbons (Fsp3) is 0.115. The molecule has 4 rings (SSSR count). The molecule has 0 N–H and O–H groups in total. The third-order valence-corrected chi connectivity index (χ3v) is 6.85. The maximum atomic E-state index is 13.2. The van der Waals surface area contributed by atoms with Crippen LogP contribution in [0.25, 0.3) is 6.08 Å². The summed E-state index contributed by atoms with van der Waals surface area (Å²) in [6.45, 7) is 0.353. The summed E-state index contributed by atoms with van der Waals surface area (Å²) < 4.78 is 11.1. The minimum absolute atomic E-state index is 0.301. The smallest absolute Gasteiger partial charge is 0.333 e.